The number of hydrogen-bond donors (Lipinski definition) is 0. The maximum absolute atomic E-state index is 6.34. The number of rotatable bonds is 5. The van der Waals surface area contributed by atoms with E-state index >= 15 is 0 Å². The van der Waals surface area contributed by atoms with Crippen LogP contribution < -0.4 is 4.74 Å². The first-order chi connectivity index (χ1) is 10.5. The Labute approximate surface area is 134 Å². The van der Waals surface area contributed by atoms with E-state index < -0.39 is 0 Å². The summed E-state index contributed by atoms with van der Waals surface area (Å²) in [6, 6.07) is 11.3. The van der Waals surface area contributed by atoms with Crippen LogP contribution in [0, 0.1) is 0 Å². The average molecular weight is 296 g/mol. The summed E-state index contributed by atoms with van der Waals surface area (Å²) >= 11 is 0. The topological polar surface area (TPSA) is 9.23 Å². The molecule has 0 spiro atoms. The Bertz CT molecular complexity index is 667. The summed E-state index contributed by atoms with van der Waals surface area (Å²) in [5.41, 5.74) is 2.94. The first-order valence-corrected chi connectivity index (χ1v) is 8.77. The SMILES string of the molecule is CCC1c2cccc3c(OC(C)(C)CC)ccc(c23)C1CC. The summed E-state index contributed by atoms with van der Waals surface area (Å²) < 4.78 is 6.34. The fraction of sp³-hybridized carbons (Fsp3) is 0.524. The molecular weight excluding hydrogens is 268 g/mol. The van der Waals surface area contributed by atoms with E-state index in [1.54, 1.807) is 0 Å². The van der Waals surface area contributed by atoms with Gasteiger partial charge < -0.3 is 4.74 Å². The van der Waals surface area contributed by atoms with E-state index in [1.807, 2.05) is 0 Å². The Balaban J connectivity index is 2.18. The van der Waals surface area contributed by atoms with E-state index in [0.717, 1.165) is 12.2 Å². The average Bonchev–Trinajstić information content (AvgIpc) is 2.84. The summed E-state index contributed by atoms with van der Waals surface area (Å²) in [6.45, 7) is 11.1. The lowest BCUT2D eigenvalue weighted by Gasteiger charge is -2.26. The molecule has 0 radical (unpaired) electrons. The predicted octanol–water partition coefficient (Wildman–Crippen LogP) is 6.41. The van der Waals surface area contributed by atoms with Gasteiger partial charge in [-0.25, -0.2) is 0 Å². The van der Waals surface area contributed by atoms with Crippen molar-refractivity contribution in [2.75, 3.05) is 0 Å². The highest BCUT2D eigenvalue weighted by Gasteiger charge is 2.33. The molecule has 0 fully saturated rings. The van der Waals surface area contributed by atoms with Gasteiger partial charge in [0.25, 0.3) is 0 Å². The van der Waals surface area contributed by atoms with Gasteiger partial charge in [0.05, 0.1) is 0 Å². The van der Waals surface area contributed by atoms with E-state index in [4.69, 9.17) is 4.74 Å². The minimum atomic E-state index is -0.118. The Morgan fingerprint density at radius 1 is 0.909 bits per heavy atom. The molecule has 1 aliphatic rings. The van der Waals surface area contributed by atoms with Crippen molar-refractivity contribution in [3.63, 3.8) is 0 Å². The lowest BCUT2D eigenvalue weighted by atomic mass is 9.86. The lowest BCUT2D eigenvalue weighted by Crippen LogP contribution is -2.26. The molecule has 3 rings (SSSR count). The normalized spacial score (nSPS) is 20.6. The molecule has 2 unspecified atom stereocenters. The second kappa shape index (κ2) is 5.61. The van der Waals surface area contributed by atoms with E-state index in [2.05, 4.69) is 65.0 Å². The zero-order valence-electron chi connectivity index (χ0n) is 14.6. The number of hydrogen-bond acceptors (Lipinski definition) is 1. The maximum atomic E-state index is 6.34. The Morgan fingerprint density at radius 2 is 1.55 bits per heavy atom. The van der Waals surface area contributed by atoms with Gasteiger partial charge in [0.2, 0.25) is 0 Å². The van der Waals surface area contributed by atoms with Crippen molar-refractivity contribution in [1.82, 2.24) is 0 Å². The molecule has 2 atom stereocenters. The van der Waals surface area contributed by atoms with E-state index in [0.29, 0.717) is 11.8 Å². The van der Waals surface area contributed by atoms with Crippen molar-refractivity contribution >= 4 is 10.8 Å². The van der Waals surface area contributed by atoms with Crippen molar-refractivity contribution in [2.45, 2.75) is 71.3 Å². The summed E-state index contributed by atoms with van der Waals surface area (Å²) in [5, 5.41) is 2.76. The first kappa shape index (κ1) is 15.4. The number of benzene rings is 2. The monoisotopic (exact) mass is 296 g/mol. The standard InChI is InChI=1S/C21H28O/c1-6-14-15(7-2)17-12-13-19(22-21(4,5)8-3)18-11-9-10-16(14)20(17)18/h9-15H,6-8H2,1-5H3. The fourth-order valence-electron chi connectivity index (χ4n) is 3.96. The summed E-state index contributed by atoms with van der Waals surface area (Å²) in [4.78, 5) is 0. The van der Waals surface area contributed by atoms with Gasteiger partial charge in [-0.2, -0.15) is 0 Å². The smallest absolute Gasteiger partial charge is 0.127 e. The first-order valence-electron chi connectivity index (χ1n) is 8.77. The van der Waals surface area contributed by atoms with Crippen molar-refractivity contribution in [3.05, 3.63) is 41.5 Å². The molecule has 0 aliphatic heterocycles. The molecule has 1 heteroatoms. The van der Waals surface area contributed by atoms with Gasteiger partial charge in [-0.15, -0.1) is 0 Å². The van der Waals surface area contributed by atoms with Gasteiger partial charge in [-0.3, -0.25) is 0 Å². The van der Waals surface area contributed by atoms with Crippen molar-refractivity contribution in [3.8, 4) is 5.75 Å². The maximum Gasteiger partial charge on any atom is 0.127 e. The van der Waals surface area contributed by atoms with E-state index in [1.165, 1.54) is 34.7 Å². The van der Waals surface area contributed by atoms with Crippen LogP contribution in [0.3, 0.4) is 0 Å². The third-order valence-electron chi connectivity index (χ3n) is 5.47. The van der Waals surface area contributed by atoms with Gasteiger partial charge in [-0.05, 0) is 67.5 Å². The predicted molar refractivity (Wildman–Crippen MR) is 95.0 cm³/mol. The summed E-state index contributed by atoms with van der Waals surface area (Å²) in [7, 11) is 0. The zero-order chi connectivity index (χ0) is 15.9. The quantitative estimate of drug-likeness (QED) is 0.619. The van der Waals surface area contributed by atoms with Crippen molar-refractivity contribution < 1.29 is 4.74 Å². The van der Waals surface area contributed by atoms with Crippen molar-refractivity contribution in [2.24, 2.45) is 0 Å². The molecule has 0 amide bonds. The molecule has 0 bridgehead atoms. The molecule has 0 aromatic heterocycles. The van der Waals surface area contributed by atoms with Gasteiger partial charge in [0, 0.05) is 5.39 Å². The van der Waals surface area contributed by atoms with Crippen LogP contribution in [0.2, 0.25) is 0 Å². The lowest BCUT2D eigenvalue weighted by molar-refractivity contribution is 0.107. The van der Waals surface area contributed by atoms with Crippen LogP contribution in [0.4, 0.5) is 0 Å². The van der Waals surface area contributed by atoms with Crippen LogP contribution >= 0.6 is 0 Å². The molecule has 0 saturated carbocycles. The minimum absolute atomic E-state index is 0.118. The van der Waals surface area contributed by atoms with Gasteiger partial charge in [-0.1, -0.05) is 45.0 Å². The van der Waals surface area contributed by atoms with Crippen LogP contribution in [-0.4, -0.2) is 5.60 Å². The van der Waals surface area contributed by atoms with E-state index in [9.17, 15) is 0 Å². The third kappa shape index (κ3) is 2.31. The second-order valence-corrected chi connectivity index (χ2v) is 7.17. The molecule has 0 heterocycles. The third-order valence-corrected chi connectivity index (χ3v) is 5.47. The number of ether oxygens (including phenoxy) is 1. The highest BCUT2D eigenvalue weighted by molar-refractivity contribution is 5.96. The molecule has 2 aromatic carbocycles. The Morgan fingerprint density at radius 3 is 2.14 bits per heavy atom. The van der Waals surface area contributed by atoms with E-state index in [-0.39, 0.29) is 5.60 Å². The second-order valence-electron chi connectivity index (χ2n) is 7.17. The van der Waals surface area contributed by atoms with Crippen LogP contribution in [0.15, 0.2) is 30.3 Å². The fourth-order valence-corrected chi connectivity index (χ4v) is 3.96. The molecule has 22 heavy (non-hydrogen) atoms. The molecule has 1 nitrogen and oxygen atoms in total. The highest BCUT2D eigenvalue weighted by Crippen LogP contribution is 2.51. The van der Waals surface area contributed by atoms with Gasteiger partial charge in [0.1, 0.15) is 11.4 Å². The van der Waals surface area contributed by atoms with Gasteiger partial charge >= 0.3 is 0 Å². The highest BCUT2D eigenvalue weighted by atomic mass is 16.5. The zero-order valence-corrected chi connectivity index (χ0v) is 14.6. The summed E-state index contributed by atoms with van der Waals surface area (Å²) in [5.74, 6) is 2.37. The molecule has 2 aromatic rings. The molecule has 0 saturated heterocycles. The van der Waals surface area contributed by atoms with Crippen LogP contribution in [0.1, 0.15) is 76.8 Å². The van der Waals surface area contributed by atoms with Crippen LogP contribution in [0.5, 0.6) is 5.75 Å². The molecule has 0 N–H and O–H groups in total. The largest absolute Gasteiger partial charge is 0.487 e. The van der Waals surface area contributed by atoms with Crippen molar-refractivity contribution in [1.29, 1.82) is 0 Å². The summed E-state index contributed by atoms with van der Waals surface area (Å²) in [6.07, 6.45) is 3.43. The Hall–Kier alpha value is -1.50. The van der Waals surface area contributed by atoms with Gasteiger partial charge in [0.15, 0.2) is 0 Å². The molecular formula is C21H28O. The minimum Gasteiger partial charge on any atom is -0.487 e. The molecule has 118 valence electrons. The molecule has 1 aliphatic carbocycles. The van der Waals surface area contributed by atoms with Crippen LogP contribution in [0.25, 0.3) is 10.8 Å². The Kier molecular flexibility index (Phi) is 3.92. The van der Waals surface area contributed by atoms with Crippen LogP contribution in [-0.2, 0) is 0 Å².